The molecular formula is C25H28Br2F3N3O2. The second-order valence-corrected chi connectivity index (χ2v) is 11.5. The van der Waals surface area contributed by atoms with Crippen LogP contribution in [0.25, 0.3) is 5.57 Å². The van der Waals surface area contributed by atoms with Crippen molar-refractivity contribution in [2.24, 2.45) is 16.1 Å². The topological polar surface area (TPSA) is 69.7 Å². The van der Waals surface area contributed by atoms with E-state index in [0.717, 1.165) is 30.7 Å². The molecule has 2 aromatic rings. The normalized spacial score (nSPS) is 21.9. The number of hydrogen-bond acceptors (Lipinski definition) is 5. The van der Waals surface area contributed by atoms with Gasteiger partial charge in [0.15, 0.2) is 4.51 Å². The number of halogens is 5. The van der Waals surface area contributed by atoms with E-state index in [-0.39, 0.29) is 11.1 Å². The van der Waals surface area contributed by atoms with E-state index in [9.17, 15) is 13.2 Å². The molecule has 5 nitrogen and oxygen atoms in total. The molecule has 10 heteroatoms. The molecule has 190 valence electrons. The maximum atomic E-state index is 14.4. The van der Waals surface area contributed by atoms with Gasteiger partial charge in [0.1, 0.15) is 17.7 Å². The number of pyridine rings is 1. The third-order valence-corrected chi connectivity index (χ3v) is 7.38. The van der Waals surface area contributed by atoms with Crippen LogP contribution in [-0.2, 0) is 10.7 Å². The van der Waals surface area contributed by atoms with E-state index >= 15 is 0 Å². The predicted molar refractivity (Wildman–Crippen MR) is 138 cm³/mol. The van der Waals surface area contributed by atoms with Crippen molar-refractivity contribution in [3.05, 3.63) is 63.1 Å². The Labute approximate surface area is 220 Å². The summed E-state index contributed by atoms with van der Waals surface area (Å²) in [7, 11) is 1.54. The van der Waals surface area contributed by atoms with Gasteiger partial charge in [0.25, 0.3) is 5.92 Å². The molecule has 0 bridgehead atoms. The van der Waals surface area contributed by atoms with Crippen LogP contribution in [-0.4, -0.2) is 29.0 Å². The minimum absolute atomic E-state index is 0.0103. The van der Waals surface area contributed by atoms with Crippen LogP contribution in [0, 0.1) is 11.2 Å². The molecule has 3 atom stereocenters. The molecule has 0 spiro atoms. The zero-order valence-corrected chi connectivity index (χ0v) is 23.5. The van der Waals surface area contributed by atoms with Gasteiger partial charge in [0, 0.05) is 36.5 Å². The largest absolute Gasteiger partial charge is 0.495 e. The molecule has 1 aromatic heterocycles. The lowest BCUT2D eigenvalue weighted by Gasteiger charge is -2.41. The minimum atomic E-state index is -3.21. The predicted octanol–water partition coefficient (Wildman–Crippen LogP) is 7.14. The Morgan fingerprint density at radius 2 is 1.83 bits per heavy atom. The standard InChI is InChI=1S/C25H28Br2F3N3O2/c1-13(15-9-14(28)7-8-16(15)24(5,29)30)35-25(27)21(17(23(2,3)4)11-33-22(25)31)19-10-20(34-6)18(26)12-32-19/h7-13,22H,31H2,1-6H3/t13?,22-,25?/m0/s1. The number of alkyl halides is 3. The Hall–Kier alpha value is -1.75. The summed E-state index contributed by atoms with van der Waals surface area (Å²) in [5.74, 6) is -3.32. The molecule has 0 saturated heterocycles. The number of aliphatic imine (C=N–C) groups is 1. The first-order valence-corrected chi connectivity index (χ1v) is 12.5. The second kappa shape index (κ2) is 9.95. The Kier molecular flexibility index (Phi) is 7.91. The average Bonchev–Trinajstić information content (AvgIpc) is 2.74. The van der Waals surface area contributed by atoms with Crippen molar-refractivity contribution >= 4 is 43.6 Å². The summed E-state index contributed by atoms with van der Waals surface area (Å²) in [5.41, 5.74) is 7.55. The van der Waals surface area contributed by atoms with Crippen LogP contribution < -0.4 is 10.5 Å². The van der Waals surface area contributed by atoms with Crippen LogP contribution in [0.15, 0.2) is 45.5 Å². The number of dihydropyridines is 1. The molecule has 2 N–H and O–H groups in total. The lowest BCUT2D eigenvalue weighted by molar-refractivity contribution is -0.0136. The first kappa shape index (κ1) is 27.8. The van der Waals surface area contributed by atoms with E-state index in [1.165, 1.54) is 7.11 Å². The van der Waals surface area contributed by atoms with Gasteiger partial charge in [-0.3, -0.25) is 9.98 Å². The van der Waals surface area contributed by atoms with E-state index in [1.54, 1.807) is 25.4 Å². The molecule has 1 aromatic carbocycles. The van der Waals surface area contributed by atoms with Gasteiger partial charge < -0.3 is 15.2 Å². The molecule has 0 amide bonds. The summed E-state index contributed by atoms with van der Waals surface area (Å²) in [6.07, 6.45) is 1.33. The van der Waals surface area contributed by atoms with Crippen LogP contribution >= 0.6 is 31.9 Å². The molecule has 35 heavy (non-hydrogen) atoms. The Balaban J connectivity index is 2.22. The molecule has 2 heterocycles. The summed E-state index contributed by atoms with van der Waals surface area (Å²) < 4.78 is 53.9. The summed E-state index contributed by atoms with van der Waals surface area (Å²) in [4.78, 5) is 9.00. The molecule has 0 radical (unpaired) electrons. The zero-order valence-electron chi connectivity index (χ0n) is 20.3. The molecule has 1 aliphatic rings. The van der Waals surface area contributed by atoms with Crippen molar-refractivity contribution in [3.63, 3.8) is 0 Å². The number of ether oxygens (including phenoxy) is 2. The zero-order chi connectivity index (χ0) is 26.3. The first-order chi connectivity index (χ1) is 16.1. The van der Waals surface area contributed by atoms with E-state index in [0.29, 0.717) is 21.5 Å². The van der Waals surface area contributed by atoms with Crippen molar-refractivity contribution in [3.8, 4) is 5.75 Å². The fourth-order valence-electron chi connectivity index (χ4n) is 3.96. The van der Waals surface area contributed by atoms with Gasteiger partial charge in [-0.05, 0) is 73.5 Å². The van der Waals surface area contributed by atoms with Crippen molar-refractivity contribution < 1.29 is 22.6 Å². The third kappa shape index (κ3) is 5.65. The van der Waals surface area contributed by atoms with Gasteiger partial charge in [0.2, 0.25) is 0 Å². The Bertz CT molecular complexity index is 1180. The van der Waals surface area contributed by atoms with Crippen LogP contribution in [0.2, 0.25) is 0 Å². The van der Waals surface area contributed by atoms with Crippen molar-refractivity contribution in [1.29, 1.82) is 0 Å². The maximum Gasteiger partial charge on any atom is 0.270 e. The molecule has 0 fully saturated rings. The van der Waals surface area contributed by atoms with Gasteiger partial charge in [-0.2, -0.15) is 0 Å². The molecule has 0 saturated carbocycles. The van der Waals surface area contributed by atoms with Gasteiger partial charge in [0.05, 0.1) is 23.4 Å². The lowest BCUT2D eigenvalue weighted by atomic mass is 9.79. The van der Waals surface area contributed by atoms with E-state index in [2.05, 4.69) is 41.8 Å². The highest BCUT2D eigenvalue weighted by Gasteiger charge is 2.48. The van der Waals surface area contributed by atoms with Crippen LogP contribution in [0.1, 0.15) is 57.5 Å². The van der Waals surface area contributed by atoms with Gasteiger partial charge in [-0.1, -0.05) is 20.8 Å². The maximum absolute atomic E-state index is 14.4. The van der Waals surface area contributed by atoms with Crippen molar-refractivity contribution in [2.75, 3.05) is 7.11 Å². The van der Waals surface area contributed by atoms with E-state index < -0.39 is 33.9 Å². The Morgan fingerprint density at radius 1 is 1.17 bits per heavy atom. The number of benzene rings is 1. The van der Waals surface area contributed by atoms with Crippen molar-refractivity contribution in [2.45, 2.75) is 57.3 Å². The summed E-state index contributed by atoms with van der Waals surface area (Å²) in [6.45, 7) is 8.33. The number of rotatable bonds is 6. The number of hydrogen-bond donors (Lipinski definition) is 1. The molecular weight excluding hydrogens is 591 g/mol. The number of allylic oxidation sites excluding steroid dienone is 1. The SMILES string of the molecule is COc1cc(C2=C(C(C)(C)C)C=N[C@H](N)C2(Br)OC(C)c2cc(F)ccc2C(C)(F)F)ncc1Br. The van der Waals surface area contributed by atoms with Crippen molar-refractivity contribution in [1.82, 2.24) is 4.98 Å². The molecule has 3 rings (SSSR count). The average molecular weight is 619 g/mol. The van der Waals surface area contributed by atoms with Crippen LogP contribution in [0.4, 0.5) is 13.2 Å². The van der Waals surface area contributed by atoms with Gasteiger partial charge in [-0.15, -0.1) is 0 Å². The van der Waals surface area contributed by atoms with Gasteiger partial charge in [-0.25, -0.2) is 13.2 Å². The quantitative estimate of drug-likeness (QED) is 0.349. The highest BCUT2D eigenvalue weighted by Crippen LogP contribution is 2.49. The monoisotopic (exact) mass is 617 g/mol. The van der Waals surface area contributed by atoms with Crippen LogP contribution in [0.3, 0.4) is 0 Å². The number of nitrogens with two attached hydrogens (primary N) is 1. The third-order valence-electron chi connectivity index (χ3n) is 5.73. The molecule has 2 unspecified atom stereocenters. The molecule has 1 aliphatic heterocycles. The summed E-state index contributed by atoms with van der Waals surface area (Å²) in [6, 6.07) is 4.86. The van der Waals surface area contributed by atoms with Gasteiger partial charge >= 0.3 is 0 Å². The highest BCUT2D eigenvalue weighted by molar-refractivity contribution is 9.10. The number of methoxy groups -OCH3 is 1. The fourth-order valence-corrected chi connectivity index (χ4v) is 5.15. The van der Waals surface area contributed by atoms with E-state index in [4.69, 9.17) is 15.2 Å². The number of aromatic nitrogens is 1. The lowest BCUT2D eigenvalue weighted by Crippen LogP contribution is -2.49. The first-order valence-electron chi connectivity index (χ1n) is 10.9. The van der Waals surface area contributed by atoms with E-state index in [1.807, 2.05) is 20.8 Å². The number of nitrogens with zero attached hydrogens (tertiary/aromatic N) is 2. The summed E-state index contributed by atoms with van der Waals surface area (Å²) in [5, 5.41) is 0. The van der Waals surface area contributed by atoms with Crippen LogP contribution in [0.5, 0.6) is 5.75 Å². The smallest absolute Gasteiger partial charge is 0.270 e. The fraction of sp³-hybridized carbons (Fsp3) is 0.440. The highest BCUT2D eigenvalue weighted by atomic mass is 79.9. The molecule has 0 aliphatic carbocycles. The summed E-state index contributed by atoms with van der Waals surface area (Å²) >= 11 is 7.07. The minimum Gasteiger partial charge on any atom is -0.495 e. The second-order valence-electron chi connectivity index (χ2n) is 9.49. The Morgan fingerprint density at radius 3 is 2.40 bits per heavy atom.